The lowest BCUT2D eigenvalue weighted by Crippen LogP contribution is -2.44. The summed E-state index contributed by atoms with van der Waals surface area (Å²) >= 11 is 1.60. The summed E-state index contributed by atoms with van der Waals surface area (Å²) in [6, 6.07) is 0.258. The van der Waals surface area contributed by atoms with Crippen molar-refractivity contribution in [3.8, 4) is 0 Å². The summed E-state index contributed by atoms with van der Waals surface area (Å²) in [6.45, 7) is 1.84. The molecule has 132 valence electrons. The van der Waals surface area contributed by atoms with Crippen molar-refractivity contribution < 1.29 is 9.90 Å². The average Bonchev–Trinajstić information content (AvgIpc) is 3.19. The molecular weight excluding hydrogens is 322 g/mol. The summed E-state index contributed by atoms with van der Waals surface area (Å²) in [4.78, 5) is 19.5. The first-order valence-corrected chi connectivity index (χ1v) is 10.2. The molecule has 2 N–H and O–H groups in total. The number of hydrogen-bond acceptors (Lipinski definition) is 5. The molecule has 0 aromatic carbocycles. The highest BCUT2D eigenvalue weighted by atomic mass is 32.1. The van der Waals surface area contributed by atoms with Gasteiger partial charge in [0.05, 0.1) is 18.3 Å². The maximum absolute atomic E-state index is 12.7. The first-order valence-electron chi connectivity index (χ1n) is 9.35. The molecule has 1 aromatic rings. The van der Waals surface area contributed by atoms with Crippen LogP contribution in [-0.2, 0) is 11.4 Å². The molecule has 0 bridgehead atoms. The van der Waals surface area contributed by atoms with Crippen molar-refractivity contribution in [2.24, 2.45) is 17.8 Å². The van der Waals surface area contributed by atoms with Crippen LogP contribution in [-0.4, -0.2) is 35.1 Å². The molecule has 1 aliphatic heterocycles. The van der Waals surface area contributed by atoms with Crippen molar-refractivity contribution >= 4 is 22.4 Å². The molecule has 3 aliphatic rings. The van der Waals surface area contributed by atoms with Gasteiger partial charge in [0.15, 0.2) is 5.13 Å². The van der Waals surface area contributed by atoms with Gasteiger partial charge < -0.3 is 15.3 Å². The highest BCUT2D eigenvalue weighted by Crippen LogP contribution is 2.43. The number of aliphatic hydroxyl groups is 1. The van der Waals surface area contributed by atoms with E-state index < -0.39 is 0 Å². The third-order valence-corrected chi connectivity index (χ3v) is 6.82. The zero-order chi connectivity index (χ0) is 16.5. The van der Waals surface area contributed by atoms with Crippen molar-refractivity contribution in [3.05, 3.63) is 11.1 Å². The van der Waals surface area contributed by atoms with Crippen molar-refractivity contribution in [2.45, 2.75) is 57.6 Å². The topological polar surface area (TPSA) is 65.5 Å². The standard InChI is InChI=1S/C18H27N3O2S/c22-10-14-11-24-18(19-14)21-8-15(12-6-7-12)16(9-21)20-17(23)13-4-2-1-3-5-13/h11-13,15-16,22H,1-10H2,(H,20,23)/t15-,16+/m0/s1. The predicted molar refractivity (Wildman–Crippen MR) is 95.0 cm³/mol. The van der Waals surface area contributed by atoms with E-state index in [1.165, 1.54) is 32.1 Å². The normalized spacial score (nSPS) is 28.3. The van der Waals surface area contributed by atoms with Crippen molar-refractivity contribution in [2.75, 3.05) is 18.0 Å². The van der Waals surface area contributed by atoms with Crippen LogP contribution in [0.5, 0.6) is 0 Å². The Kier molecular flexibility index (Phi) is 4.77. The number of carbonyl (C=O) groups is 1. The number of rotatable bonds is 5. The maximum atomic E-state index is 12.7. The van der Waals surface area contributed by atoms with Gasteiger partial charge in [-0.1, -0.05) is 19.3 Å². The fourth-order valence-corrected chi connectivity index (χ4v) is 5.16. The number of anilines is 1. The molecule has 0 spiro atoms. The fraction of sp³-hybridized carbons (Fsp3) is 0.778. The van der Waals surface area contributed by atoms with Gasteiger partial charge in [-0.05, 0) is 31.6 Å². The molecule has 1 aromatic heterocycles. The monoisotopic (exact) mass is 349 g/mol. The average molecular weight is 350 g/mol. The molecule has 2 heterocycles. The van der Waals surface area contributed by atoms with Gasteiger partial charge in [0.25, 0.3) is 0 Å². The van der Waals surface area contributed by atoms with E-state index >= 15 is 0 Å². The van der Waals surface area contributed by atoms with Gasteiger partial charge in [-0.15, -0.1) is 11.3 Å². The van der Waals surface area contributed by atoms with Crippen LogP contribution in [0.25, 0.3) is 0 Å². The van der Waals surface area contributed by atoms with E-state index in [9.17, 15) is 9.90 Å². The Morgan fingerprint density at radius 3 is 2.71 bits per heavy atom. The molecule has 6 heteroatoms. The minimum Gasteiger partial charge on any atom is -0.390 e. The molecule has 24 heavy (non-hydrogen) atoms. The molecule has 0 radical (unpaired) electrons. The summed E-state index contributed by atoms with van der Waals surface area (Å²) in [5.74, 6) is 1.83. The molecule has 1 amide bonds. The van der Waals surface area contributed by atoms with Crippen LogP contribution in [0.15, 0.2) is 5.38 Å². The minimum absolute atomic E-state index is 0.00175. The Morgan fingerprint density at radius 2 is 2.04 bits per heavy atom. The molecule has 1 saturated heterocycles. The zero-order valence-corrected chi connectivity index (χ0v) is 14.9. The zero-order valence-electron chi connectivity index (χ0n) is 14.1. The fourth-order valence-electron chi connectivity index (χ4n) is 4.32. The van der Waals surface area contributed by atoms with Gasteiger partial charge >= 0.3 is 0 Å². The van der Waals surface area contributed by atoms with Crippen LogP contribution >= 0.6 is 11.3 Å². The Labute approximate surface area is 147 Å². The number of hydrogen-bond donors (Lipinski definition) is 2. The molecule has 5 nitrogen and oxygen atoms in total. The second kappa shape index (κ2) is 7.00. The third-order valence-electron chi connectivity index (χ3n) is 5.87. The van der Waals surface area contributed by atoms with Crippen LogP contribution in [0.1, 0.15) is 50.6 Å². The highest BCUT2D eigenvalue weighted by Gasteiger charge is 2.44. The number of carbonyl (C=O) groups excluding carboxylic acids is 1. The lowest BCUT2D eigenvalue weighted by molar-refractivity contribution is -0.126. The smallest absolute Gasteiger partial charge is 0.223 e. The molecule has 2 saturated carbocycles. The van der Waals surface area contributed by atoms with Crippen LogP contribution < -0.4 is 10.2 Å². The molecule has 4 rings (SSSR count). The molecular formula is C18H27N3O2S. The van der Waals surface area contributed by atoms with E-state index in [0.717, 1.165) is 42.7 Å². The SMILES string of the molecule is O=C(N[C@@H]1CN(c2nc(CO)cs2)C[C@H]1C1CC1)C1CCCCC1. The summed E-state index contributed by atoms with van der Waals surface area (Å²) in [6.07, 6.45) is 8.39. The first-order chi connectivity index (χ1) is 11.7. The lowest BCUT2D eigenvalue weighted by Gasteiger charge is -2.25. The van der Waals surface area contributed by atoms with Gasteiger partial charge in [0.1, 0.15) is 0 Å². The molecule has 3 fully saturated rings. The number of amides is 1. The number of aromatic nitrogens is 1. The van der Waals surface area contributed by atoms with Crippen LogP contribution in [0.3, 0.4) is 0 Å². The van der Waals surface area contributed by atoms with E-state index in [4.69, 9.17) is 0 Å². The van der Waals surface area contributed by atoms with E-state index in [1.54, 1.807) is 11.3 Å². The predicted octanol–water partition coefficient (Wildman–Crippen LogP) is 2.55. The van der Waals surface area contributed by atoms with E-state index in [1.807, 2.05) is 5.38 Å². The van der Waals surface area contributed by atoms with Crippen LogP contribution in [0.4, 0.5) is 5.13 Å². The van der Waals surface area contributed by atoms with Crippen molar-refractivity contribution in [1.82, 2.24) is 10.3 Å². The van der Waals surface area contributed by atoms with Gasteiger partial charge in [0, 0.05) is 30.3 Å². The Morgan fingerprint density at radius 1 is 1.25 bits per heavy atom. The number of aliphatic hydroxyl groups excluding tert-OH is 1. The molecule has 0 unspecified atom stereocenters. The van der Waals surface area contributed by atoms with Crippen molar-refractivity contribution in [3.63, 3.8) is 0 Å². The van der Waals surface area contributed by atoms with Gasteiger partial charge in [-0.25, -0.2) is 4.98 Å². The third kappa shape index (κ3) is 3.45. The van der Waals surface area contributed by atoms with E-state index in [0.29, 0.717) is 5.92 Å². The van der Waals surface area contributed by atoms with Gasteiger partial charge in [0.2, 0.25) is 5.91 Å². The largest absolute Gasteiger partial charge is 0.390 e. The Hall–Kier alpha value is -1.14. The lowest BCUT2D eigenvalue weighted by atomic mass is 9.88. The first kappa shape index (κ1) is 16.3. The maximum Gasteiger partial charge on any atom is 0.223 e. The Bertz CT molecular complexity index is 581. The summed E-state index contributed by atoms with van der Waals surface area (Å²) in [5.41, 5.74) is 0.743. The van der Waals surface area contributed by atoms with E-state index in [2.05, 4.69) is 15.2 Å². The van der Waals surface area contributed by atoms with Crippen molar-refractivity contribution in [1.29, 1.82) is 0 Å². The number of nitrogens with one attached hydrogen (secondary N) is 1. The Balaban J connectivity index is 1.42. The van der Waals surface area contributed by atoms with Crippen LogP contribution in [0, 0.1) is 17.8 Å². The quantitative estimate of drug-likeness (QED) is 0.857. The van der Waals surface area contributed by atoms with Gasteiger partial charge in [-0.2, -0.15) is 0 Å². The summed E-state index contributed by atoms with van der Waals surface area (Å²) in [5, 5.41) is 15.5. The molecule has 2 aliphatic carbocycles. The number of nitrogens with zero attached hydrogens (tertiary/aromatic N) is 2. The minimum atomic E-state index is -0.00175. The van der Waals surface area contributed by atoms with E-state index in [-0.39, 0.29) is 24.5 Å². The summed E-state index contributed by atoms with van der Waals surface area (Å²) in [7, 11) is 0. The van der Waals surface area contributed by atoms with Crippen LogP contribution in [0.2, 0.25) is 0 Å². The molecule has 2 atom stereocenters. The number of thiazole rings is 1. The van der Waals surface area contributed by atoms with Gasteiger partial charge in [-0.3, -0.25) is 4.79 Å². The highest BCUT2D eigenvalue weighted by molar-refractivity contribution is 7.13. The summed E-state index contributed by atoms with van der Waals surface area (Å²) < 4.78 is 0. The second-order valence-electron chi connectivity index (χ2n) is 7.64. The second-order valence-corrected chi connectivity index (χ2v) is 8.47.